The Morgan fingerprint density at radius 2 is 2.05 bits per heavy atom. The van der Waals surface area contributed by atoms with E-state index >= 15 is 0 Å². The van der Waals surface area contributed by atoms with E-state index < -0.39 is 49.3 Å². The average Bonchev–Trinajstić information content (AvgIpc) is 2.92. The van der Waals surface area contributed by atoms with Crippen LogP contribution in [0.3, 0.4) is 0 Å². The van der Waals surface area contributed by atoms with Crippen molar-refractivity contribution in [3.63, 3.8) is 0 Å². The zero-order valence-corrected chi connectivity index (χ0v) is 10.3. The lowest BCUT2D eigenvalue weighted by molar-refractivity contribution is -0.290. The molecule has 2 fully saturated rings. The van der Waals surface area contributed by atoms with Gasteiger partial charge in [-0.2, -0.15) is 0 Å². The van der Waals surface area contributed by atoms with Crippen LogP contribution in [0.4, 0.5) is 0 Å². The number of carbonyl (C=O) groups is 1. The molecule has 2 aliphatic heterocycles. The second-order valence-corrected chi connectivity index (χ2v) is 4.78. The SMILES string of the molecule is O=C(O[C@H]1[C@H](O)[C@@H](CO)OC(O)[C@@H]1O)[C@@H]1CCCN1. The van der Waals surface area contributed by atoms with E-state index in [-0.39, 0.29) is 0 Å². The Morgan fingerprint density at radius 3 is 2.63 bits per heavy atom. The fraction of sp³-hybridized carbons (Fsp3) is 0.909. The molecule has 2 aliphatic rings. The van der Waals surface area contributed by atoms with E-state index in [2.05, 4.69) is 5.32 Å². The minimum Gasteiger partial charge on any atom is -0.455 e. The van der Waals surface area contributed by atoms with Crippen LogP contribution in [0.15, 0.2) is 0 Å². The van der Waals surface area contributed by atoms with Crippen molar-refractivity contribution in [2.75, 3.05) is 13.2 Å². The van der Waals surface area contributed by atoms with Gasteiger partial charge in [-0.05, 0) is 19.4 Å². The summed E-state index contributed by atoms with van der Waals surface area (Å²) in [5.41, 5.74) is 0. The molecule has 0 aromatic rings. The highest BCUT2D eigenvalue weighted by atomic mass is 16.7. The maximum atomic E-state index is 11.8. The number of ether oxygens (including phenoxy) is 2. The fourth-order valence-corrected chi connectivity index (χ4v) is 2.31. The molecule has 2 heterocycles. The number of aliphatic hydroxyl groups is 4. The highest BCUT2D eigenvalue weighted by Gasteiger charge is 2.46. The predicted molar refractivity (Wildman–Crippen MR) is 60.9 cm³/mol. The van der Waals surface area contributed by atoms with E-state index in [0.717, 1.165) is 6.42 Å². The molecule has 6 atom stereocenters. The van der Waals surface area contributed by atoms with Crippen molar-refractivity contribution < 1.29 is 34.7 Å². The Kier molecular flexibility index (Phi) is 4.71. The number of esters is 1. The van der Waals surface area contributed by atoms with Gasteiger partial charge in [-0.1, -0.05) is 0 Å². The molecule has 0 aliphatic carbocycles. The monoisotopic (exact) mass is 277 g/mol. The summed E-state index contributed by atoms with van der Waals surface area (Å²) in [4.78, 5) is 11.8. The molecule has 19 heavy (non-hydrogen) atoms. The Bertz CT molecular complexity index is 320. The highest BCUT2D eigenvalue weighted by molar-refractivity contribution is 5.76. The second kappa shape index (κ2) is 6.12. The lowest BCUT2D eigenvalue weighted by Crippen LogP contribution is -2.60. The number of nitrogens with one attached hydrogen (secondary N) is 1. The van der Waals surface area contributed by atoms with Gasteiger partial charge in [0.2, 0.25) is 0 Å². The zero-order valence-electron chi connectivity index (χ0n) is 10.3. The van der Waals surface area contributed by atoms with Crippen LogP contribution < -0.4 is 5.32 Å². The van der Waals surface area contributed by atoms with Gasteiger partial charge in [-0.3, -0.25) is 4.79 Å². The normalized spacial score (nSPS) is 43.2. The third-order valence-electron chi connectivity index (χ3n) is 3.44. The summed E-state index contributed by atoms with van der Waals surface area (Å²) in [5.74, 6) is -0.591. The fourth-order valence-electron chi connectivity index (χ4n) is 2.31. The van der Waals surface area contributed by atoms with Gasteiger partial charge in [-0.15, -0.1) is 0 Å². The number of rotatable bonds is 3. The van der Waals surface area contributed by atoms with Crippen molar-refractivity contribution in [3.05, 3.63) is 0 Å². The largest absolute Gasteiger partial charge is 0.455 e. The number of carbonyl (C=O) groups excluding carboxylic acids is 1. The van der Waals surface area contributed by atoms with Gasteiger partial charge >= 0.3 is 5.97 Å². The quantitative estimate of drug-likeness (QED) is 0.347. The van der Waals surface area contributed by atoms with E-state index in [4.69, 9.17) is 14.6 Å². The molecule has 5 N–H and O–H groups in total. The van der Waals surface area contributed by atoms with Crippen molar-refractivity contribution >= 4 is 5.97 Å². The Hall–Kier alpha value is -0.770. The molecular weight excluding hydrogens is 258 g/mol. The predicted octanol–water partition coefficient (Wildman–Crippen LogP) is -2.92. The first-order chi connectivity index (χ1) is 9.04. The third-order valence-corrected chi connectivity index (χ3v) is 3.44. The molecule has 110 valence electrons. The molecule has 2 saturated heterocycles. The molecule has 8 nitrogen and oxygen atoms in total. The molecule has 0 aromatic carbocycles. The van der Waals surface area contributed by atoms with E-state index in [1.807, 2.05) is 0 Å². The number of hydrogen-bond donors (Lipinski definition) is 5. The first-order valence-electron chi connectivity index (χ1n) is 6.29. The van der Waals surface area contributed by atoms with Crippen molar-refractivity contribution in [1.82, 2.24) is 5.32 Å². The van der Waals surface area contributed by atoms with Gasteiger partial charge in [-0.25, -0.2) is 0 Å². The first kappa shape index (κ1) is 14.6. The van der Waals surface area contributed by atoms with Crippen LogP contribution in [-0.2, 0) is 14.3 Å². The second-order valence-electron chi connectivity index (χ2n) is 4.78. The Labute approximate surface area is 109 Å². The summed E-state index contributed by atoms with van der Waals surface area (Å²) >= 11 is 0. The van der Waals surface area contributed by atoms with Gasteiger partial charge in [0.1, 0.15) is 24.4 Å². The van der Waals surface area contributed by atoms with Crippen LogP contribution in [-0.4, -0.2) is 76.3 Å². The molecule has 0 bridgehead atoms. The molecule has 0 saturated carbocycles. The Balaban J connectivity index is 2.00. The highest BCUT2D eigenvalue weighted by Crippen LogP contribution is 2.23. The average molecular weight is 277 g/mol. The van der Waals surface area contributed by atoms with Crippen LogP contribution in [0.2, 0.25) is 0 Å². The topological polar surface area (TPSA) is 128 Å². The van der Waals surface area contributed by atoms with Gasteiger partial charge in [0.25, 0.3) is 0 Å². The van der Waals surface area contributed by atoms with Crippen molar-refractivity contribution in [2.45, 2.75) is 49.6 Å². The van der Waals surface area contributed by atoms with Crippen LogP contribution in [0.5, 0.6) is 0 Å². The lowest BCUT2D eigenvalue weighted by atomic mass is 9.99. The summed E-state index contributed by atoms with van der Waals surface area (Å²) in [5, 5.41) is 40.9. The van der Waals surface area contributed by atoms with E-state index in [9.17, 15) is 20.1 Å². The molecule has 0 spiro atoms. The van der Waals surface area contributed by atoms with Gasteiger partial charge in [0.05, 0.1) is 6.61 Å². The summed E-state index contributed by atoms with van der Waals surface area (Å²) in [6.07, 6.45) is -5.52. The van der Waals surface area contributed by atoms with Crippen LogP contribution in [0.25, 0.3) is 0 Å². The smallest absolute Gasteiger partial charge is 0.323 e. The number of aliphatic hydroxyl groups excluding tert-OH is 4. The molecule has 8 heteroatoms. The summed E-state index contributed by atoms with van der Waals surface area (Å²) in [6.45, 7) is 0.154. The third kappa shape index (κ3) is 3.04. The van der Waals surface area contributed by atoms with Gasteiger partial charge < -0.3 is 35.2 Å². The first-order valence-corrected chi connectivity index (χ1v) is 6.29. The standard InChI is InChI=1S/C11H19NO7/c13-4-6-7(14)9(8(15)11(17)18-6)19-10(16)5-2-1-3-12-5/h5-9,11-15,17H,1-4H2/t5-,6+,7+,8+,9-,11?/m0/s1. The maximum absolute atomic E-state index is 11.8. The molecule has 0 amide bonds. The minimum absolute atomic E-state index is 0.466. The van der Waals surface area contributed by atoms with Crippen molar-refractivity contribution in [1.29, 1.82) is 0 Å². The zero-order chi connectivity index (χ0) is 14.0. The molecule has 1 unspecified atom stereocenters. The number of hydrogen-bond acceptors (Lipinski definition) is 8. The molecular formula is C11H19NO7. The van der Waals surface area contributed by atoms with Crippen LogP contribution in [0, 0.1) is 0 Å². The van der Waals surface area contributed by atoms with Crippen LogP contribution in [0.1, 0.15) is 12.8 Å². The summed E-state index contributed by atoms with van der Waals surface area (Å²) in [7, 11) is 0. The molecule has 0 aromatic heterocycles. The Morgan fingerprint density at radius 1 is 1.32 bits per heavy atom. The van der Waals surface area contributed by atoms with E-state index in [1.54, 1.807) is 0 Å². The van der Waals surface area contributed by atoms with Gasteiger partial charge in [0, 0.05) is 0 Å². The lowest BCUT2D eigenvalue weighted by Gasteiger charge is -2.39. The molecule has 0 radical (unpaired) electrons. The summed E-state index contributed by atoms with van der Waals surface area (Å²) < 4.78 is 9.85. The minimum atomic E-state index is -1.62. The van der Waals surface area contributed by atoms with Crippen LogP contribution >= 0.6 is 0 Å². The molecule has 2 rings (SSSR count). The van der Waals surface area contributed by atoms with Crippen molar-refractivity contribution in [2.24, 2.45) is 0 Å². The maximum Gasteiger partial charge on any atom is 0.323 e. The summed E-state index contributed by atoms with van der Waals surface area (Å²) in [6, 6.07) is -0.466. The van der Waals surface area contributed by atoms with E-state index in [0.29, 0.717) is 13.0 Å². The van der Waals surface area contributed by atoms with Gasteiger partial charge in [0.15, 0.2) is 12.4 Å². The van der Waals surface area contributed by atoms with E-state index in [1.165, 1.54) is 0 Å². The van der Waals surface area contributed by atoms with Crippen molar-refractivity contribution in [3.8, 4) is 0 Å².